The molecule has 0 saturated heterocycles. The summed E-state index contributed by atoms with van der Waals surface area (Å²) in [6.07, 6.45) is 5.87. The molecule has 3 aliphatic rings. The molecule has 0 spiro atoms. The average Bonchev–Trinajstić information content (AvgIpc) is 3.40. The molecule has 0 radical (unpaired) electrons. The van der Waals surface area contributed by atoms with Crippen molar-refractivity contribution in [1.29, 1.82) is 0 Å². The summed E-state index contributed by atoms with van der Waals surface area (Å²) in [5, 5.41) is 3.02. The molecule has 1 amide bonds. The molecule has 3 aliphatic heterocycles. The van der Waals surface area contributed by atoms with Crippen LogP contribution in [0.15, 0.2) is 64.7 Å². The van der Waals surface area contributed by atoms with Gasteiger partial charge in [-0.05, 0) is 82.6 Å². The van der Waals surface area contributed by atoms with Crippen LogP contribution in [-0.2, 0) is 11.3 Å². The number of ether oxygens (including phenoxy) is 1. The van der Waals surface area contributed by atoms with Crippen LogP contribution < -0.4 is 11.1 Å². The Morgan fingerprint density at radius 3 is 2.59 bits per heavy atom. The number of aliphatic imine (C=N–C) groups is 2. The summed E-state index contributed by atoms with van der Waals surface area (Å²) < 4.78 is 6.31. The Hall–Kier alpha value is -4.19. The fourth-order valence-corrected chi connectivity index (χ4v) is 4.96. The number of nitrogens with one attached hydrogen (secondary N) is 1. The van der Waals surface area contributed by atoms with Gasteiger partial charge in [-0.2, -0.15) is 0 Å². The molecule has 4 heterocycles. The first kappa shape index (κ1) is 20.4. The molecule has 34 heavy (non-hydrogen) atoms. The summed E-state index contributed by atoms with van der Waals surface area (Å²) in [6.45, 7) is 4.27. The van der Waals surface area contributed by atoms with Crippen molar-refractivity contribution in [2.75, 3.05) is 5.73 Å². The van der Waals surface area contributed by atoms with E-state index in [1.54, 1.807) is 12.3 Å². The number of nitrogens with two attached hydrogens (primary N) is 1. The van der Waals surface area contributed by atoms with Gasteiger partial charge in [-0.1, -0.05) is 12.1 Å². The lowest BCUT2D eigenvalue weighted by Gasteiger charge is -2.17. The second-order valence-electron chi connectivity index (χ2n) is 8.70. The molecule has 2 unspecified atom stereocenters. The van der Waals surface area contributed by atoms with Crippen molar-refractivity contribution in [2.45, 2.75) is 32.6 Å². The Morgan fingerprint density at radius 2 is 1.82 bits per heavy atom. The first-order chi connectivity index (χ1) is 16.5. The molecule has 2 bridgehead atoms. The monoisotopic (exact) mass is 448 g/mol. The molecule has 166 valence electrons. The number of hydrogen-bond acceptors (Lipinski definition) is 6. The minimum Gasteiger partial charge on any atom is -0.384 e. The fourth-order valence-electron chi connectivity index (χ4n) is 4.96. The number of aromatic nitrogens is 1. The van der Waals surface area contributed by atoms with Crippen LogP contribution in [0.3, 0.4) is 0 Å². The molecule has 3 N–H and O–H groups in total. The third-order valence-corrected chi connectivity index (χ3v) is 6.61. The molecule has 2 aromatic carbocycles. The van der Waals surface area contributed by atoms with Gasteiger partial charge in [0.05, 0.1) is 5.56 Å². The number of amidine groups is 1. The fraction of sp³-hybridized carbons (Fsp3) is 0.185. The summed E-state index contributed by atoms with van der Waals surface area (Å²) in [7, 11) is 0. The number of hydrogen-bond donors (Lipinski definition) is 2. The normalized spacial score (nSPS) is 18.8. The van der Waals surface area contributed by atoms with Gasteiger partial charge in [0.25, 0.3) is 11.7 Å². The first-order valence-electron chi connectivity index (χ1n) is 11.1. The van der Waals surface area contributed by atoms with Gasteiger partial charge in [0.1, 0.15) is 30.3 Å². The Kier molecular flexibility index (Phi) is 4.62. The van der Waals surface area contributed by atoms with Gasteiger partial charge in [0, 0.05) is 17.8 Å². The van der Waals surface area contributed by atoms with Crippen LogP contribution in [0.25, 0.3) is 0 Å². The van der Waals surface area contributed by atoms with Crippen LogP contribution in [0.5, 0.6) is 0 Å². The standard InChI is InChI=1S/C27H21N5O2/c1-14-10-23(28)32-15(2)22(14)13-31-27(33)17-5-7-19-21(12-17)25-20-11-16(26-29-8-3-9-30-26)4-6-18(20)24(19)34-25/h3-8,10-12,24-25H,13H2,1-2H3,(H2-,28,31,32,33)/p+1. The maximum Gasteiger partial charge on any atom is 0.279 e. The van der Waals surface area contributed by atoms with E-state index in [9.17, 15) is 4.79 Å². The van der Waals surface area contributed by atoms with Crippen molar-refractivity contribution in [1.82, 2.24) is 10.3 Å². The lowest BCUT2D eigenvalue weighted by molar-refractivity contribution is 0.0857. The summed E-state index contributed by atoms with van der Waals surface area (Å²) in [6, 6.07) is 13.8. The molecule has 7 heteroatoms. The van der Waals surface area contributed by atoms with Gasteiger partial charge >= 0.3 is 0 Å². The van der Waals surface area contributed by atoms with E-state index in [1.165, 1.54) is 0 Å². The SMILES string of the molecule is Cc1cc(N)nc(C)c1CNC(=O)c1ccc2c(c1)C1OC2c2ccc(C3=NC=C[C+]=N3)cc21. The quantitative estimate of drug-likeness (QED) is 0.590. The van der Waals surface area contributed by atoms with Crippen molar-refractivity contribution in [3.8, 4) is 0 Å². The van der Waals surface area contributed by atoms with Gasteiger partial charge in [-0.25, -0.2) is 4.98 Å². The van der Waals surface area contributed by atoms with E-state index < -0.39 is 0 Å². The number of aryl methyl sites for hydroxylation is 2. The number of benzene rings is 2. The maximum absolute atomic E-state index is 13.0. The van der Waals surface area contributed by atoms with Crippen molar-refractivity contribution < 1.29 is 9.53 Å². The smallest absolute Gasteiger partial charge is 0.279 e. The van der Waals surface area contributed by atoms with Gasteiger partial charge in [0.2, 0.25) is 0 Å². The zero-order valence-corrected chi connectivity index (χ0v) is 18.8. The lowest BCUT2D eigenvalue weighted by Crippen LogP contribution is -2.24. The first-order valence-corrected chi connectivity index (χ1v) is 11.1. The summed E-state index contributed by atoms with van der Waals surface area (Å²) in [5.74, 6) is 0.978. The maximum atomic E-state index is 13.0. The minimum atomic E-state index is -0.207. The van der Waals surface area contributed by atoms with E-state index in [0.29, 0.717) is 23.8 Å². The number of allylic oxidation sites excluding steroid dienone is 1. The highest BCUT2D eigenvalue weighted by Crippen LogP contribution is 2.54. The number of carbonyl (C=O) groups is 1. The van der Waals surface area contributed by atoms with E-state index in [2.05, 4.69) is 38.6 Å². The van der Waals surface area contributed by atoms with E-state index in [4.69, 9.17) is 10.5 Å². The minimum absolute atomic E-state index is 0.115. The van der Waals surface area contributed by atoms with Crippen LogP contribution in [0.1, 0.15) is 67.2 Å². The summed E-state index contributed by atoms with van der Waals surface area (Å²) in [5.41, 5.74) is 14.5. The largest absolute Gasteiger partial charge is 0.384 e. The van der Waals surface area contributed by atoms with Crippen LogP contribution in [0.2, 0.25) is 0 Å². The highest BCUT2D eigenvalue weighted by molar-refractivity contribution is 6.06. The third kappa shape index (κ3) is 3.22. The molecule has 0 aliphatic carbocycles. The van der Waals surface area contributed by atoms with Gasteiger partial charge in [-0.3, -0.25) is 4.79 Å². The number of nitrogens with zero attached hydrogens (tertiary/aromatic N) is 3. The summed E-state index contributed by atoms with van der Waals surface area (Å²) >= 11 is 0. The zero-order valence-electron chi connectivity index (χ0n) is 18.8. The molecular weight excluding hydrogens is 426 g/mol. The van der Waals surface area contributed by atoms with Crippen molar-refractivity contribution >= 4 is 23.8 Å². The van der Waals surface area contributed by atoms with Gasteiger partial charge in [-0.15, -0.1) is 4.99 Å². The number of carbonyl (C=O) groups excluding carboxylic acids is 1. The molecule has 6 rings (SSSR count). The molecule has 3 aromatic rings. The molecule has 1 aromatic heterocycles. The van der Waals surface area contributed by atoms with Crippen LogP contribution >= 0.6 is 0 Å². The van der Waals surface area contributed by atoms with Crippen molar-refractivity contribution in [2.24, 2.45) is 9.98 Å². The number of nitrogen functional groups attached to an aromatic ring is 1. The van der Waals surface area contributed by atoms with Gasteiger partial charge < -0.3 is 15.8 Å². The van der Waals surface area contributed by atoms with Gasteiger partial charge in [0.15, 0.2) is 6.21 Å². The average molecular weight is 449 g/mol. The van der Waals surface area contributed by atoms with Crippen LogP contribution in [0.4, 0.5) is 5.82 Å². The van der Waals surface area contributed by atoms with Crippen molar-refractivity contribution in [3.05, 3.63) is 105 Å². The second-order valence-corrected chi connectivity index (χ2v) is 8.70. The van der Waals surface area contributed by atoms with E-state index in [-0.39, 0.29) is 18.1 Å². The lowest BCUT2D eigenvalue weighted by atomic mass is 9.84. The van der Waals surface area contributed by atoms with E-state index in [1.807, 2.05) is 44.2 Å². The Balaban J connectivity index is 1.26. The van der Waals surface area contributed by atoms with E-state index in [0.717, 1.165) is 44.6 Å². The topological polar surface area (TPSA) is 102 Å². The zero-order chi connectivity index (χ0) is 23.4. The number of rotatable bonds is 4. The Bertz CT molecular complexity index is 1430. The molecule has 7 nitrogen and oxygen atoms in total. The Labute approximate surface area is 197 Å². The molecule has 2 atom stereocenters. The van der Waals surface area contributed by atoms with Crippen LogP contribution in [-0.4, -0.2) is 22.9 Å². The molecular formula is C27H22N5O2+. The Morgan fingerprint density at radius 1 is 1.06 bits per heavy atom. The number of amides is 1. The highest BCUT2D eigenvalue weighted by Gasteiger charge is 2.43. The third-order valence-electron chi connectivity index (χ3n) is 6.61. The molecule has 0 saturated carbocycles. The predicted octanol–water partition coefficient (Wildman–Crippen LogP) is 3.95. The predicted molar refractivity (Wildman–Crippen MR) is 130 cm³/mol. The number of fused-ring (bicyclic) bond motifs is 8. The second kappa shape index (κ2) is 7.70. The highest BCUT2D eigenvalue weighted by atomic mass is 16.5. The summed E-state index contributed by atoms with van der Waals surface area (Å²) in [4.78, 5) is 25.9. The van der Waals surface area contributed by atoms with Crippen molar-refractivity contribution in [3.63, 3.8) is 0 Å². The number of anilines is 1. The van der Waals surface area contributed by atoms with Crippen LogP contribution in [0, 0.1) is 13.8 Å². The van der Waals surface area contributed by atoms with E-state index >= 15 is 0 Å². The molecule has 0 fully saturated rings. The number of pyridine rings is 1.